The summed E-state index contributed by atoms with van der Waals surface area (Å²) in [6.07, 6.45) is 3.80. The summed E-state index contributed by atoms with van der Waals surface area (Å²) in [5, 5.41) is 6.21. The van der Waals surface area contributed by atoms with Gasteiger partial charge >= 0.3 is 0 Å². The number of aryl methyl sites for hydroxylation is 1. The predicted octanol–water partition coefficient (Wildman–Crippen LogP) is 3.49. The number of halogens is 1. The first kappa shape index (κ1) is 16.3. The highest BCUT2D eigenvalue weighted by atomic mass is 35.5. The van der Waals surface area contributed by atoms with Crippen LogP contribution in [0.5, 0.6) is 0 Å². The number of rotatable bonds is 5. The van der Waals surface area contributed by atoms with Crippen LogP contribution in [0.25, 0.3) is 10.8 Å². The number of nitrogens with zero attached hydrogens (tertiary/aromatic N) is 1. The summed E-state index contributed by atoms with van der Waals surface area (Å²) in [7, 11) is 0. The molecule has 1 aliphatic heterocycles. The van der Waals surface area contributed by atoms with Crippen LogP contribution >= 0.6 is 12.4 Å². The summed E-state index contributed by atoms with van der Waals surface area (Å²) in [5.41, 5.74) is 1.50. The molecule has 0 aliphatic carbocycles. The molecule has 1 heterocycles. The molecule has 0 amide bonds. The second kappa shape index (κ2) is 8.38. The molecule has 0 bridgehead atoms. The minimum absolute atomic E-state index is 0. The Morgan fingerprint density at radius 2 is 1.67 bits per heavy atom. The van der Waals surface area contributed by atoms with Gasteiger partial charge in [0.2, 0.25) is 0 Å². The average Bonchev–Trinajstić information content (AvgIpc) is 2.53. The summed E-state index contributed by atoms with van der Waals surface area (Å²) in [6.45, 7) is 6.00. The topological polar surface area (TPSA) is 15.3 Å². The first-order valence-corrected chi connectivity index (χ1v) is 7.83. The summed E-state index contributed by atoms with van der Waals surface area (Å²) in [4.78, 5) is 2.58. The highest BCUT2D eigenvalue weighted by molar-refractivity contribution is 5.85. The first-order valence-electron chi connectivity index (χ1n) is 7.83. The van der Waals surface area contributed by atoms with Gasteiger partial charge in [-0.15, -0.1) is 12.4 Å². The number of nitrogens with one attached hydrogen (secondary N) is 1. The van der Waals surface area contributed by atoms with Crippen LogP contribution in [-0.4, -0.2) is 37.6 Å². The normalized spacial score (nSPS) is 15.8. The van der Waals surface area contributed by atoms with E-state index in [1.54, 1.807) is 0 Å². The Morgan fingerprint density at radius 3 is 2.52 bits per heavy atom. The van der Waals surface area contributed by atoms with Gasteiger partial charge in [-0.3, -0.25) is 0 Å². The fourth-order valence-electron chi connectivity index (χ4n) is 3.10. The quantitative estimate of drug-likeness (QED) is 0.851. The van der Waals surface area contributed by atoms with Crippen molar-refractivity contribution in [3.63, 3.8) is 0 Å². The second-order valence-electron chi connectivity index (χ2n) is 5.69. The molecule has 0 saturated carbocycles. The Bertz CT molecular complexity index is 544. The minimum Gasteiger partial charge on any atom is -0.314 e. The van der Waals surface area contributed by atoms with E-state index in [-0.39, 0.29) is 12.4 Å². The van der Waals surface area contributed by atoms with E-state index >= 15 is 0 Å². The van der Waals surface area contributed by atoms with E-state index in [2.05, 4.69) is 52.7 Å². The third kappa shape index (κ3) is 4.44. The van der Waals surface area contributed by atoms with Crippen LogP contribution < -0.4 is 5.32 Å². The molecule has 2 aromatic carbocycles. The van der Waals surface area contributed by atoms with Crippen LogP contribution in [0.3, 0.4) is 0 Å². The largest absolute Gasteiger partial charge is 0.314 e. The summed E-state index contributed by atoms with van der Waals surface area (Å²) < 4.78 is 0. The highest BCUT2D eigenvalue weighted by Crippen LogP contribution is 2.20. The molecule has 1 N–H and O–H groups in total. The van der Waals surface area contributed by atoms with Crippen LogP contribution in [0.1, 0.15) is 18.4 Å². The van der Waals surface area contributed by atoms with Crippen LogP contribution in [-0.2, 0) is 6.42 Å². The maximum Gasteiger partial charge on any atom is 0.0107 e. The van der Waals surface area contributed by atoms with Crippen LogP contribution in [0.15, 0.2) is 42.5 Å². The van der Waals surface area contributed by atoms with Crippen molar-refractivity contribution in [2.75, 3.05) is 32.7 Å². The van der Waals surface area contributed by atoms with Gasteiger partial charge in [0.15, 0.2) is 0 Å². The Hall–Kier alpha value is -1.09. The Balaban J connectivity index is 0.00000161. The maximum atomic E-state index is 3.41. The third-order valence-corrected chi connectivity index (χ3v) is 4.26. The molecule has 21 heavy (non-hydrogen) atoms. The lowest BCUT2D eigenvalue weighted by Crippen LogP contribution is -2.43. The van der Waals surface area contributed by atoms with Gasteiger partial charge in [-0.25, -0.2) is 0 Å². The summed E-state index contributed by atoms with van der Waals surface area (Å²) >= 11 is 0. The van der Waals surface area contributed by atoms with Gasteiger partial charge in [0.05, 0.1) is 0 Å². The van der Waals surface area contributed by atoms with E-state index in [0.717, 1.165) is 13.1 Å². The molecule has 114 valence electrons. The van der Waals surface area contributed by atoms with Gasteiger partial charge < -0.3 is 10.2 Å². The second-order valence-corrected chi connectivity index (χ2v) is 5.69. The summed E-state index contributed by atoms with van der Waals surface area (Å²) in [5.74, 6) is 0. The fourth-order valence-corrected chi connectivity index (χ4v) is 3.10. The fraction of sp³-hybridized carbons (Fsp3) is 0.444. The Labute approximate surface area is 133 Å². The van der Waals surface area contributed by atoms with Crippen LogP contribution in [0.4, 0.5) is 0 Å². The van der Waals surface area contributed by atoms with E-state index in [1.807, 2.05) is 0 Å². The zero-order chi connectivity index (χ0) is 13.6. The molecule has 1 fully saturated rings. The predicted molar refractivity (Wildman–Crippen MR) is 93.4 cm³/mol. The molecule has 0 atom stereocenters. The highest BCUT2D eigenvalue weighted by Gasteiger charge is 2.08. The van der Waals surface area contributed by atoms with Gasteiger partial charge in [0, 0.05) is 26.2 Å². The lowest BCUT2D eigenvalue weighted by atomic mass is 10.0. The molecule has 3 heteroatoms. The minimum atomic E-state index is 0. The first-order chi connectivity index (χ1) is 9.93. The Kier molecular flexibility index (Phi) is 6.50. The van der Waals surface area contributed by atoms with Crippen LogP contribution in [0.2, 0.25) is 0 Å². The van der Waals surface area contributed by atoms with Crippen LogP contribution in [0, 0.1) is 0 Å². The van der Waals surface area contributed by atoms with Crippen molar-refractivity contribution in [3.8, 4) is 0 Å². The zero-order valence-corrected chi connectivity index (χ0v) is 13.4. The van der Waals surface area contributed by atoms with E-state index in [0.29, 0.717) is 0 Å². The molecular weight excluding hydrogens is 280 g/mol. The molecule has 2 nitrogen and oxygen atoms in total. The van der Waals surface area contributed by atoms with Crippen molar-refractivity contribution in [1.29, 1.82) is 0 Å². The third-order valence-electron chi connectivity index (χ3n) is 4.26. The van der Waals surface area contributed by atoms with Crippen molar-refractivity contribution in [1.82, 2.24) is 10.2 Å². The zero-order valence-electron chi connectivity index (χ0n) is 12.6. The number of benzene rings is 2. The van der Waals surface area contributed by atoms with E-state index in [1.165, 1.54) is 55.2 Å². The van der Waals surface area contributed by atoms with Crippen molar-refractivity contribution in [3.05, 3.63) is 48.0 Å². The standard InChI is InChI=1S/C18H24N2.ClH/c1-2-10-18-16(6-1)8-5-9-17(18)7-3-4-13-20-14-11-19-12-15-20;/h1-2,5-6,8-10,19H,3-4,7,11-15H2;1H. The van der Waals surface area contributed by atoms with E-state index in [4.69, 9.17) is 0 Å². The molecule has 1 saturated heterocycles. The molecule has 0 spiro atoms. The molecule has 0 aromatic heterocycles. The smallest absolute Gasteiger partial charge is 0.0107 e. The lowest BCUT2D eigenvalue weighted by molar-refractivity contribution is 0.237. The number of hydrogen-bond donors (Lipinski definition) is 1. The molecule has 0 radical (unpaired) electrons. The molecular formula is C18H25ClN2. The van der Waals surface area contributed by atoms with Gasteiger partial charge in [-0.2, -0.15) is 0 Å². The van der Waals surface area contributed by atoms with Gasteiger partial charge in [0.25, 0.3) is 0 Å². The lowest BCUT2D eigenvalue weighted by Gasteiger charge is -2.27. The van der Waals surface area contributed by atoms with Gasteiger partial charge in [-0.05, 0) is 42.1 Å². The van der Waals surface area contributed by atoms with Crippen molar-refractivity contribution < 1.29 is 0 Å². The van der Waals surface area contributed by atoms with E-state index < -0.39 is 0 Å². The monoisotopic (exact) mass is 304 g/mol. The number of piperazine rings is 1. The number of unbranched alkanes of at least 4 members (excludes halogenated alkanes) is 1. The molecule has 2 aromatic rings. The van der Waals surface area contributed by atoms with Gasteiger partial charge in [0.1, 0.15) is 0 Å². The molecule has 1 aliphatic rings. The van der Waals surface area contributed by atoms with Crippen molar-refractivity contribution in [2.45, 2.75) is 19.3 Å². The van der Waals surface area contributed by atoms with Crippen molar-refractivity contribution >= 4 is 23.2 Å². The average molecular weight is 305 g/mol. The maximum absolute atomic E-state index is 3.41. The van der Waals surface area contributed by atoms with E-state index in [9.17, 15) is 0 Å². The van der Waals surface area contributed by atoms with Gasteiger partial charge in [-0.1, -0.05) is 42.5 Å². The molecule has 3 rings (SSSR count). The summed E-state index contributed by atoms with van der Waals surface area (Å²) in [6, 6.07) is 15.4. The molecule has 0 unspecified atom stereocenters. The number of fused-ring (bicyclic) bond motifs is 1. The number of hydrogen-bond acceptors (Lipinski definition) is 2. The Morgan fingerprint density at radius 1 is 0.905 bits per heavy atom. The van der Waals surface area contributed by atoms with Crippen molar-refractivity contribution in [2.24, 2.45) is 0 Å². The SMILES string of the molecule is Cl.c1ccc2c(CCCCN3CCNCC3)cccc2c1.